The Balaban J connectivity index is 1.50. The second-order valence-electron chi connectivity index (χ2n) is 11.4. The van der Waals surface area contributed by atoms with Crippen molar-refractivity contribution >= 4 is 58.5 Å². The maximum absolute atomic E-state index is 13.1. The predicted octanol–water partition coefficient (Wildman–Crippen LogP) is 3.79. The van der Waals surface area contributed by atoms with Crippen LogP contribution < -0.4 is 16.1 Å². The Kier molecular flexibility index (Phi) is 13.4. The maximum atomic E-state index is 13.1. The Morgan fingerprint density at radius 1 is 1.09 bits per heavy atom. The number of alkyl halides is 3. The molecule has 14 heteroatoms. The number of aliphatic hydroxyl groups excluding tert-OH is 1. The number of halogens is 3. The number of esters is 1. The Hall–Kier alpha value is -2.96. The average Bonchev–Trinajstić information content (AvgIpc) is 3.00. The standard InChI is InChI=1S/C31H40Cl3N5O6/c1-18(2)27(28(42)36-19(3)29(43)39-14-6-9-25(38-39)30(44)45-17-31(32,33)34)37-26(41)13-12-24-11-10-23(16-35-24)22-8-5-7-21(15-22)20(4)40/h5,7-8,10-11,15-16,18-20,25,27,38,40H,6,9,12-14,17H2,1-4H3,(H,36,42)(H,37,41). The Morgan fingerprint density at radius 2 is 1.82 bits per heavy atom. The van der Waals surface area contributed by atoms with E-state index in [9.17, 15) is 24.3 Å². The van der Waals surface area contributed by atoms with Crippen LogP contribution in [0.2, 0.25) is 0 Å². The number of benzene rings is 1. The minimum absolute atomic E-state index is 0.113. The molecule has 0 aliphatic carbocycles. The van der Waals surface area contributed by atoms with Gasteiger partial charge in [-0.3, -0.25) is 29.2 Å². The van der Waals surface area contributed by atoms with Crippen LogP contribution in [0.3, 0.4) is 0 Å². The first-order valence-corrected chi connectivity index (χ1v) is 15.9. The summed E-state index contributed by atoms with van der Waals surface area (Å²) in [7, 11) is 0. The lowest BCUT2D eigenvalue weighted by molar-refractivity contribution is -0.152. The van der Waals surface area contributed by atoms with E-state index in [1.54, 1.807) is 27.0 Å². The van der Waals surface area contributed by atoms with Gasteiger partial charge < -0.3 is 20.5 Å². The van der Waals surface area contributed by atoms with Crippen LogP contribution in [0.25, 0.3) is 11.1 Å². The second kappa shape index (κ2) is 16.6. The van der Waals surface area contributed by atoms with Crippen molar-refractivity contribution in [3.63, 3.8) is 0 Å². The van der Waals surface area contributed by atoms with E-state index in [1.165, 1.54) is 11.9 Å². The SMILES string of the molecule is CC(NC(=O)C(NC(=O)CCc1ccc(-c2cccc(C(C)O)c2)cn1)C(C)C)C(=O)N1CCCC(C(=O)OCC(Cl)(Cl)Cl)N1. The third kappa shape index (κ3) is 11.4. The summed E-state index contributed by atoms with van der Waals surface area (Å²) in [5.74, 6) is -2.20. The number of pyridine rings is 1. The molecule has 1 fully saturated rings. The fraction of sp³-hybridized carbons (Fsp3) is 0.516. The van der Waals surface area contributed by atoms with E-state index in [0.29, 0.717) is 31.5 Å². The number of hydrogen-bond donors (Lipinski definition) is 4. The second-order valence-corrected chi connectivity index (χ2v) is 13.9. The number of nitrogens with one attached hydrogen (secondary N) is 3. The van der Waals surface area contributed by atoms with E-state index in [1.807, 2.05) is 36.4 Å². The molecule has 0 bridgehead atoms. The Bertz CT molecular complexity index is 1340. The van der Waals surface area contributed by atoms with Gasteiger partial charge in [0.1, 0.15) is 24.7 Å². The number of carbonyl (C=O) groups excluding carboxylic acids is 4. The van der Waals surface area contributed by atoms with E-state index in [0.717, 1.165) is 16.7 Å². The first-order chi connectivity index (χ1) is 21.1. The molecule has 3 rings (SSSR count). The van der Waals surface area contributed by atoms with Crippen LogP contribution in [0.4, 0.5) is 0 Å². The van der Waals surface area contributed by atoms with Crippen molar-refractivity contribution in [3.8, 4) is 11.1 Å². The van der Waals surface area contributed by atoms with Crippen LogP contribution in [0, 0.1) is 5.92 Å². The highest BCUT2D eigenvalue weighted by molar-refractivity contribution is 6.67. The minimum atomic E-state index is -1.75. The first-order valence-electron chi connectivity index (χ1n) is 14.8. The first kappa shape index (κ1) is 36.5. The zero-order chi connectivity index (χ0) is 33.3. The maximum Gasteiger partial charge on any atom is 0.325 e. The van der Waals surface area contributed by atoms with Gasteiger partial charge in [0.25, 0.3) is 5.91 Å². The molecule has 1 aliphatic rings. The van der Waals surface area contributed by atoms with Crippen LogP contribution in [-0.2, 0) is 30.3 Å². The van der Waals surface area contributed by atoms with Crippen molar-refractivity contribution in [2.45, 2.75) is 81.4 Å². The number of hydrazine groups is 1. The number of nitrogens with zero attached hydrogens (tertiary/aromatic N) is 2. The van der Waals surface area contributed by atoms with E-state index < -0.39 is 52.4 Å². The number of ether oxygens (including phenoxy) is 1. The molecular weight excluding hydrogens is 645 g/mol. The van der Waals surface area contributed by atoms with Gasteiger partial charge in [0.2, 0.25) is 15.6 Å². The number of aliphatic hydroxyl groups is 1. The molecule has 4 unspecified atom stereocenters. The molecule has 2 heterocycles. The topological polar surface area (TPSA) is 150 Å². The summed E-state index contributed by atoms with van der Waals surface area (Å²) in [6, 6.07) is 8.72. The van der Waals surface area contributed by atoms with Crippen LogP contribution in [0.15, 0.2) is 42.6 Å². The molecule has 1 aromatic heterocycles. The molecule has 3 amide bonds. The largest absolute Gasteiger partial charge is 0.460 e. The minimum Gasteiger partial charge on any atom is -0.460 e. The van der Waals surface area contributed by atoms with Gasteiger partial charge in [-0.1, -0.05) is 72.9 Å². The predicted molar refractivity (Wildman–Crippen MR) is 172 cm³/mol. The molecule has 0 spiro atoms. The molecule has 4 N–H and O–H groups in total. The highest BCUT2D eigenvalue weighted by atomic mass is 35.6. The molecule has 11 nitrogen and oxygen atoms in total. The third-order valence-corrected chi connectivity index (χ3v) is 7.57. The summed E-state index contributed by atoms with van der Waals surface area (Å²) in [5, 5.41) is 16.6. The molecule has 1 saturated heterocycles. The highest BCUT2D eigenvalue weighted by Gasteiger charge is 2.34. The summed E-state index contributed by atoms with van der Waals surface area (Å²) in [6.07, 6.45) is 2.57. The van der Waals surface area contributed by atoms with Gasteiger partial charge in [0.15, 0.2) is 0 Å². The number of aryl methyl sites for hydroxylation is 1. The lowest BCUT2D eigenvalue weighted by Gasteiger charge is -2.34. The molecule has 0 radical (unpaired) electrons. The van der Waals surface area contributed by atoms with Gasteiger partial charge in [-0.15, -0.1) is 0 Å². The number of aromatic nitrogens is 1. The summed E-state index contributed by atoms with van der Waals surface area (Å²) in [5.41, 5.74) is 6.17. The lowest BCUT2D eigenvalue weighted by atomic mass is 10.0. The van der Waals surface area contributed by atoms with Crippen molar-refractivity contribution in [3.05, 3.63) is 53.9 Å². The van der Waals surface area contributed by atoms with E-state index >= 15 is 0 Å². The smallest absolute Gasteiger partial charge is 0.325 e. The highest BCUT2D eigenvalue weighted by Crippen LogP contribution is 2.26. The van der Waals surface area contributed by atoms with Crippen molar-refractivity contribution in [1.29, 1.82) is 0 Å². The molecule has 45 heavy (non-hydrogen) atoms. The van der Waals surface area contributed by atoms with Crippen LogP contribution in [0.1, 0.15) is 64.3 Å². The van der Waals surface area contributed by atoms with Crippen molar-refractivity contribution in [2.75, 3.05) is 13.2 Å². The van der Waals surface area contributed by atoms with Gasteiger partial charge in [-0.05, 0) is 62.3 Å². The van der Waals surface area contributed by atoms with Crippen molar-refractivity contribution < 1.29 is 29.0 Å². The number of carbonyl (C=O) groups is 4. The zero-order valence-electron chi connectivity index (χ0n) is 25.7. The molecule has 4 atom stereocenters. The van der Waals surface area contributed by atoms with E-state index in [4.69, 9.17) is 39.5 Å². The van der Waals surface area contributed by atoms with E-state index in [2.05, 4.69) is 21.0 Å². The number of rotatable bonds is 12. The van der Waals surface area contributed by atoms with E-state index in [-0.39, 0.29) is 18.2 Å². The summed E-state index contributed by atoms with van der Waals surface area (Å²) in [4.78, 5) is 55.8. The van der Waals surface area contributed by atoms with Crippen LogP contribution in [0.5, 0.6) is 0 Å². The van der Waals surface area contributed by atoms with Crippen LogP contribution in [-0.4, -0.2) is 73.9 Å². The molecule has 0 saturated carbocycles. The fourth-order valence-electron chi connectivity index (χ4n) is 4.71. The fourth-order valence-corrected chi connectivity index (χ4v) is 4.87. The molecule has 2 aromatic rings. The van der Waals surface area contributed by atoms with Crippen molar-refractivity contribution in [1.82, 2.24) is 26.1 Å². The molecular formula is C31H40Cl3N5O6. The summed E-state index contributed by atoms with van der Waals surface area (Å²) < 4.78 is 3.27. The average molecular weight is 685 g/mol. The Morgan fingerprint density at radius 3 is 2.44 bits per heavy atom. The molecule has 1 aliphatic heterocycles. The zero-order valence-corrected chi connectivity index (χ0v) is 28.0. The summed E-state index contributed by atoms with van der Waals surface area (Å²) >= 11 is 16.9. The van der Waals surface area contributed by atoms with Gasteiger partial charge in [0, 0.05) is 30.4 Å². The Labute approximate surface area is 278 Å². The van der Waals surface area contributed by atoms with Crippen LogP contribution >= 0.6 is 34.8 Å². The number of amides is 3. The summed E-state index contributed by atoms with van der Waals surface area (Å²) in [6.45, 7) is 6.72. The molecule has 1 aromatic carbocycles. The van der Waals surface area contributed by atoms with Crippen molar-refractivity contribution in [2.24, 2.45) is 5.92 Å². The van der Waals surface area contributed by atoms with Gasteiger partial charge >= 0.3 is 5.97 Å². The third-order valence-electron chi connectivity index (χ3n) is 7.24. The lowest BCUT2D eigenvalue weighted by Crippen LogP contribution is -2.61. The normalized spacial score (nSPS) is 17.3. The van der Waals surface area contributed by atoms with Gasteiger partial charge in [-0.2, -0.15) is 0 Å². The quantitative estimate of drug-likeness (QED) is 0.195. The van der Waals surface area contributed by atoms with Gasteiger partial charge in [0.05, 0.1) is 6.10 Å². The van der Waals surface area contributed by atoms with Gasteiger partial charge in [-0.25, -0.2) is 5.43 Å². The number of hydrogen-bond acceptors (Lipinski definition) is 8. The monoisotopic (exact) mass is 683 g/mol. The molecule has 246 valence electrons.